The lowest BCUT2D eigenvalue weighted by molar-refractivity contribution is -0.162. The fourth-order valence-corrected chi connectivity index (χ4v) is 2.38. The second-order valence-electron chi connectivity index (χ2n) is 5.91. The summed E-state index contributed by atoms with van der Waals surface area (Å²) in [4.78, 5) is 25.4. The number of carboxylic acid groups (broad SMARTS) is 1. The van der Waals surface area contributed by atoms with E-state index in [4.69, 9.17) is 0 Å². The summed E-state index contributed by atoms with van der Waals surface area (Å²) in [6.07, 6.45) is 4.81. The number of carboxylic acids is 1. The van der Waals surface area contributed by atoms with Crippen molar-refractivity contribution in [1.82, 2.24) is 10.2 Å². The molecule has 0 aromatic heterocycles. The number of aliphatic carboxylic acids is 1. The average molecular weight is 270 g/mol. The molecule has 0 spiro atoms. The van der Waals surface area contributed by atoms with E-state index < -0.39 is 11.4 Å². The summed E-state index contributed by atoms with van der Waals surface area (Å²) in [5.41, 5.74) is -1.14. The monoisotopic (exact) mass is 270 g/mol. The van der Waals surface area contributed by atoms with Crippen LogP contribution in [0.4, 0.5) is 0 Å². The molecule has 0 aromatic rings. The van der Waals surface area contributed by atoms with E-state index in [2.05, 4.69) is 10.2 Å². The van der Waals surface area contributed by atoms with Gasteiger partial charge in [0.05, 0.1) is 0 Å². The topological polar surface area (TPSA) is 69.6 Å². The van der Waals surface area contributed by atoms with Gasteiger partial charge in [-0.05, 0) is 53.2 Å². The van der Waals surface area contributed by atoms with Gasteiger partial charge < -0.3 is 15.3 Å². The van der Waals surface area contributed by atoms with Crippen LogP contribution < -0.4 is 5.32 Å². The molecule has 1 atom stereocenters. The van der Waals surface area contributed by atoms with Crippen LogP contribution in [-0.4, -0.2) is 48.6 Å². The molecule has 5 nitrogen and oxygen atoms in total. The maximum atomic E-state index is 12.0. The Morgan fingerprint density at radius 2 is 1.95 bits per heavy atom. The molecule has 0 unspecified atom stereocenters. The Labute approximate surface area is 115 Å². The average Bonchev–Trinajstić information content (AvgIpc) is 2.21. The van der Waals surface area contributed by atoms with Gasteiger partial charge in [0.2, 0.25) is 5.91 Å². The zero-order chi connectivity index (χ0) is 14.5. The summed E-state index contributed by atoms with van der Waals surface area (Å²) in [5, 5.41) is 12.0. The van der Waals surface area contributed by atoms with Crippen molar-refractivity contribution in [1.29, 1.82) is 0 Å². The Morgan fingerprint density at radius 3 is 2.37 bits per heavy atom. The Morgan fingerprint density at radius 1 is 1.32 bits per heavy atom. The summed E-state index contributed by atoms with van der Waals surface area (Å²) < 4.78 is 0. The normalized spacial score (nSPS) is 18.7. The minimum Gasteiger partial charge on any atom is -0.480 e. The summed E-state index contributed by atoms with van der Waals surface area (Å²) >= 11 is 0. The largest absolute Gasteiger partial charge is 0.480 e. The number of nitrogens with one attached hydrogen (secondary N) is 1. The van der Waals surface area contributed by atoms with Gasteiger partial charge in [0, 0.05) is 6.04 Å². The van der Waals surface area contributed by atoms with Gasteiger partial charge in [-0.15, -0.1) is 0 Å². The van der Waals surface area contributed by atoms with E-state index in [9.17, 15) is 14.7 Å². The van der Waals surface area contributed by atoms with Crippen LogP contribution in [0.15, 0.2) is 0 Å². The molecule has 1 aliphatic rings. The van der Waals surface area contributed by atoms with Crippen molar-refractivity contribution in [2.75, 3.05) is 20.6 Å². The third-order valence-corrected chi connectivity index (χ3v) is 3.92. The standard InChI is InChI=1S/C14H26N2O3/c1-11(7-4-5-10-16(2)3)15-12(17)14(13(18)19)8-6-9-14/h11H,4-10H2,1-3H3,(H,15,17)(H,18,19)/t11-/m1/s1. The molecule has 0 saturated heterocycles. The predicted molar refractivity (Wildman–Crippen MR) is 73.9 cm³/mol. The zero-order valence-electron chi connectivity index (χ0n) is 12.2. The van der Waals surface area contributed by atoms with Crippen molar-refractivity contribution in [3.63, 3.8) is 0 Å². The first-order chi connectivity index (χ1) is 8.88. The fourth-order valence-electron chi connectivity index (χ4n) is 2.38. The van der Waals surface area contributed by atoms with Crippen molar-refractivity contribution in [3.05, 3.63) is 0 Å². The van der Waals surface area contributed by atoms with Crippen LogP contribution in [-0.2, 0) is 9.59 Å². The number of carbonyl (C=O) groups excluding carboxylic acids is 1. The molecule has 19 heavy (non-hydrogen) atoms. The molecular formula is C14H26N2O3. The van der Waals surface area contributed by atoms with Crippen molar-refractivity contribution >= 4 is 11.9 Å². The van der Waals surface area contributed by atoms with Crippen molar-refractivity contribution < 1.29 is 14.7 Å². The van der Waals surface area contributed by atoms with Crippen LogP contribution >= 0.6 is 0 Å². The lowest BCUT2D eigenvalue weighted by Gasteiger charge is -2.36. The molecule has 1 saturated carbocycles. The molecule has 5 heteroatoms. The van der Waals surface area contributed by atoms with Gasteiger partial charge in [-0.2, -0.15) is 0 Å². The van der Waals surface area contributed by atoms with Crippen LogP contribution in [0.2, 0.25) is 0 Å². The third kappa shape index (κ3) is 4.20. The molecule has 1 aliphatic carbocycles. The number of carbonyl (C=O) groups is 2. The van der Waals surface area contributed by atoms with E-state index >= 15 is 0 Å². The second kappa shape index (κ2) is 6.89. The number of rotatable bonds is 8. The molecule has 1 amide bonds. The van der Waals surface area contributed by atoms with Gasteiger partial charge in [0.1, 0.15) is 5.41 Å². The highest BCUT2D eigenvalue weighted by Gasteiger charge is 2.51. The quantitative estimate of drug-likeness (QED) is 0.518. The predicted octanol–water partition coefficient (Wildman–Crippen LogP) is 1.48. The maximum absolute atomic E-state index is 12.0. The van der Waals surface area contributed by atoms with Gasteiger partial charge in [-0.25, -0.2) is 0 Å². The highest BCUT2D eigenvalue weighted by Crippen LogP contribution is 2.41. The minimum atomic E-state index is -1.14. The van der Waals surface area contributed by atoms with Gasteiger partial charge in [-0.1, -0.05) is 12.8 Å². The van der Waals surface area contributed by atoms with Crippen molar-refractivity contribution in [3.8, 4) is 0 Å². The number of hydrogen-bond acceptors (Lipinski definition) is 3. The van der Waals surface area contributed by atoms with E-state index in [0.29, 0.717) is 12.8 Å². The lowest BCUT2D eigenvalue weighted by Crippen LogP contribution is -2.53. The summed E-state index contributed by atoms with van der Waals surface area (Å²) in [5.74, 6) is -1.28. The molecule has 1 fully saturated rings. The van der Waals surface area contributed by atoms with E-state index in [-0.39, 0.29) is 11.9 Å². The molecule has 1 rings (SSSR count). The minimum absolute atomic E-state index is 0.0477. The van der Waals surface area contributed by atoms with E-state index in [1.807, 2.05) is 21.0 Å². The van der Waals surface area contributed by atoms with Crippen LogP contribution in [0.5, 0.6) is 0 Å². The second-order valence-corrected chi connectivity index (χ2v) is 5.91. The lowest BCUT2D eigenvalue weighted by atomic mass is 9.68. The smallest absolute Gasteiger partial charge is 0.319 e. The molecule has 2 N–H and O–H groups in total. The molecule has 0 aromatic carbocycles. The summed E-state index contributed by atoms with van der Waals surface area (Å²) in [6.45, 7) is 2.99. The Hall–Kier alpha value is -1.10. The molecule has 0 heterocycles. The van der Waals surface area contributed by atoms with E-state index in [1.54, 1.807) is 0 Å². The maximum Gasteiger partial charge on any atom is 0.319 e. The van der Waals surface area contributed by atoms with Crippen LogP contribution in [0, 0.1) is 5.41 Å². The first kappa shape index (κ1) is 16.0. The number of unbranched alkanes of at least 4 members (excludes halogenated alkanes) is 1. The van der Waals surface area contributed by atoms with E-state index in [1.165, 1.54) is 0 Å². The SMILES string of the molecule is C[C@H](CCCCN(C)C)NC(=O)C1(C(=O)O)CCC1. The number of amides is 1. The molecule has 0 aliphatic heterocycles. The van der Waals surface area contributed by atoms with Gasteiger partial charge >= 0.3 is 5.97 Å². The molecule has 110 valence electrons. The third-order valence-electron chi connectivity index (χ3n) is 3.92. The zero-order valence-corrected chi connectivity index (χ0v) is 12.2. The van der Waals surface area contributed by atoms with Gasteiger partial charge in [0.15, 0.2) is 0 Å². The molecule has 0 bridgehead atoms. The highest BCUT2D eigenvalue weighted by molar-refractivity contribution is 6.02. The fraction of sp³-hybridized carbons (Fsp3) is 0.857. The summed E-state index contributed by atoms with van der Waals surface area (Å²) in [7, 11) is 4.08. The summed E-state index contributed by atoms with van der Waals surface area (Å²) in [6, 6.07) is 0.0477. The number of hydrogen-bond donors (Lipinski definition) is 2. The highest BCUT2D eigenvalue weighted by atomic mass is 16.4. The number of nitrogens with zero attached hydrogens (tertiary/aromatic N) is 1. The van der Waals surface area contributed by atoms with Crippen LogP contribution in [0.1, 0.15) is 45.4 Å². The van der Waals surface area contributed by atoms with Crippen LogP contribution in [0.25, 0.3) is 0 Å². The van der Waals surface area contributed by atoms with Gasteiger partial charge in [-0.3, -0.25) is 9.59 Å². The Kier molecular flexibility index (Phi) is 5.79. The molecular weight excluding hydrogens is 244 g/mol. The first-order valence-corrected chi connectivity index (χ1v) is 7.07. The molecule has 0 radical (unpaired) electrons. The van der Waals surface area contributed by atoms with Crippen molar-refractivity contribution in [2.45, 2.75) is 51.5 Å². The first-order valence-electron chi connectivity index (χ1n) is 7.07. The van der Waals surface area contributed by atoms with Crippen LogP contribution in [0.3, 0.4) is 0 Å². The Bertz CT molecular complexity index is 325. The Balaban J connectivity index is 2.30. The van der Waals surface area contributed by atoms with E-state index in [0.717, 1.165) is 32.2 Å². The van der Waals surface area contributed by atoms with Crippen molar-refractivity contribution in [2.24, 2.45) is 5.41 Å². The van der Waals surface area contributed by atoms with Gasteiger partial charge in [0.25, 0.3) is 0 Å².